The molecule has 1 aromatic carbocycles. The molecule has 2 aromatic rings. The molecule has 6 nitrogen and oxygen atoms in total. The number of carbonyl (C=O) groups excluding carboxylic acids is 1. The van der Waals surface area contributed by atoms with Gasteiger partial charge in [0.2, 0.25) is 10.0 Å². The number of hydrogen-bond acceptors (Lipinski definition) is 4. The first-order chi connectivity index (χ1) is 10.8. The van der Waals surface area contributed by atoms with E-state index >= 15 is 0 Å². The monoisotopic (exact) mass is 354 g/mol. The summed E-state index contributed by atoms with van der Waals surface area (Å²) < 4.78 is 22.4. The summed E-state index contributed by atoms with van der Waals surface area (Å²) in [5.41, 5.74) is 1.79. The first-order valence-electron chi connectivity index (χ1n) is 7.02. The van der Waals surface area contributed by atoms with Gasteiger partial charge in [-0.25, -0.2) is 13.6 Å². The maximum Gasteiger partial charge on any atom is 0.279 e. The fourth-order valence-electron chi connectivity index (χ4n) is 2.13. The molecule has 0 bridgehead atoms. The van der Waals surface area contributed by atoms with Crippen LogP contribution in [0.15, 0.2) is 40.6 Å². The van der Waals surface area contributed by atoms with E-state index in [-0.39, 0.29) is 10.8 Å². The molecule has 1 unspecified atom stereocenters. The fourth-order valence-corrected chi connectivity index (χ4v) is 3.66. The number of primary sulfonamides is 1. The third-order valence-electron chi connectivity index (χ3n) is 3.36. The number of likely N-dealkylation sites (N-methyl/N-ethyl adjacent to an activating group) is 1. The standard InChI is InChI=1S/C15H19N3O3S2/c1-11-7-8-22-14(11)9-18(2)10-15(19)17-12-3-5-13(6-4-12)23(16,20)21/h3-8H,9-10H2,1-2H3,(H,17,19)(H2,16,20,21)/p+1. The summed E-state index contributed by atoms with van der Waals surface area (Å²) in [6.07, 6.45) is 0. The number of hydrogen-bond donors (Lipinski definition) is 3. The summed E-state index contributed by atoms with van der Waals surface area (Å²) in [7, 11) is -1.75. The second-order valence-electron chi connectivity index (χ2n) is 5.46. The van der Waals surface area contributed by atoms with E-state index in [1.165, 1.54) is 34.7 Å². The molecule has 1 atom stereocenters. The minimum absolute atomic E-state index is 0.0198. The van der Waals surface area contributed by atoms with Gasteiger partial charge in [0.1, 0.15) is 6.54 Å². The van der Waals surface area contributed by atoms with Crippen molar-refractivity contribution < 1.29 is 18.1 Å². The lowest BCUT2D eigenvalue weighted by Crippen LogP contribution is -3.08. The predicted octanol–water partition coefficient (Wildman–Crippen LogP) is 0.357. The normalized spacial score (nSPS) is 12.8. The van der Waals surface area contributed by atoms with Gasteiger partial charge >= 0.3 is 0 Å². The van der Waals surface area contributed by atoms with Gasteiger partial charge < -0.3 is 10.2 Å². The van der Waals surface area contributed by atoms with Gasteiger partial charge in [0.25, 0.3) is 5.91 Å². The third kappa shape index (κ3) is 5.14. The van der Waals surface area contributed by atoms with Crippen molar-refractivity contribution in [3.8, 4) is 0 Å². The van der Waals surface area contributed by atoms with Gasteiger partial charge in [0.05, 0.1) is 16.8 Å². The Kier molecular flexibility index (Phi) is 5.53. The Morgan fingerprint density at radius 2 is 1.91 bits per heavy atom. The first-order valence-corrected chi connectivity index (χ1v) is 9.45. The maximum atomic E-state index is 12.0. The van der Waals surface area contributed by atoms with Crippen LogP contribution in [0.5, 0.6) is 0 Å². The molecular formula is C15H20N3O3S2+. The number of amides is 1. The quantitative estimate of drug-likeness (QED) is 0.699. The highest BCUT2D eigenvalue weighted by Crippen LogP contribution is 2.14. The molecule has 1 heterocycles. The summed E-state index contributed by atoms with van der Waals surface area (Å²) >= 11 is 1.69. The van der Waals surface area contributed by atoms with E-state index < -0.39 is 10.0 Å². The van der Waals surface area contributed by atoms with E-state index in [0.29, 0.717) is 12.2 Å². The molecule has 23 heavy (non-hydrogen) atoms. The minimum Gasteiger partial charge on any atom is -0.325 e. The highest BCUT2D eigenvalue weighted by molar-refractivity contribution is 7.89. The summed E-state index contributed by atoms with van der Waals surface area (Å²) in [4.78, 5) is 14.4. The van der Waals surface area contributed by atoms with Crippen molar-refractivity contribution >= 4 is 33.0 Å². The number of carbonyl (C=O) groups is 1. The van der Waals surface area contributed by atoms with Crippen LogP contribution in [0.4, 0.5) is 5.69 Å². The van der Waals surface area contributed by atoms with E-state index in [9.17, 15) is 13.2 Å². The summed E-state index contributed by atoms with van der Waals surface area (Å²) in [5, 5.41) is 9.83. The van der Waals surface area contributed by atoms with E-state index in [1.54, 1.807) is 11.3 Å². The number of sulfonamides is 1. The first kappa shape index (κ1) is 17.6. The molecule has 1 amide bonds. The van der Waals surface area contributed by atoms with Crippen LogP contribution in [0.1, 0.15) is 10.4 Å². The van der Waals surface area contributed by atoms with E-state index in [0.717, 1.165) is 11.4 Å². The molecule has 1 aromatic heterocycles. The van der Waals surface area contributed by atoms with Crippen molar-refractivity contribution in [3.05, 3.63) is 46.2 Å². The Balaban J connectivity index is 1.90. The zero-order valence-electron chi connectivity index (χ0n) is 13.0. The van der Waals surface area contributed by atoms with Crippen molar-refractivity contribution in [2.24, 2.45) is 5.14 Å². The zero-order valence-corrected chi connectivity index (χ0v) is 14.6. The van der Waals surface area contributed by atoms with E-state index in [2.05, 4.69) is 18.3 Å². The smallest absolute Gasteiger partial charge is 0.279 e. The molecule has 0 saturated carbocycles. The molecule has 0 saturated heterocycles. The van der Waals surface area contributed by atoms with E-state index in [4.69, 9.17) is 5.14 Å². The minimum atomic E-state index is -3.72. The highest BCUT2D eigenvalue weighted by Gasteiger charge is 2.13. The second-order valence-corrected chi connectivity index (χ2v) is 8.02. The van der Waals surface area contributed by atoms with Crippen molar-refractivity contribution in [2.75, 3.05) is 18.9 Å². The SMILES string of the molecule is Cc1ccsc1C[NH+](C)CC(=O)Nc1ccc(S(N)(=O)=O)cc1. The summed E-state index contributed by atoms with van der Waals surface area (Å²) in [5.74, 6) is -0.125. The van der Waals surface area contributed by atoms with Gasteiger partial charge in [-0.05, 0) is 48.2 Å². The third-order valence-corrected chi connectivity index (χ3v) is 5.31. The average molecular weight is 354 g/mol. The molecule has 0 radical (unpaired) electrons. The number of benzene rings is 1. The second kappa shape index (κ2) is 7.22. The predicted molar refractivity (Wildman–Crippen MR) is 91.0 cm³/mol. The lowest BCUT2D eigenvalue weighted by atomic mass is 10.3. The fraction of sp³-hybridized carbons (Fsp3) is 0.267. The Hall–Kier alpha value is -1.74. The van der Waals surface area contributed by atoms with Crippen molar-refractivity contribution in [2.45, 2.75) is 18.4 Å². The Morgan fingerprint density at radius 1 is 1.26 bits per heavy atom. The Morgan fingerprint density at radius 3 is 2.43 bits per heavy atom. The topological polar surface area (TPSA) is 93.7 Å². The largest absolute Gasteiger partial charge is 0.325 e. The van der Waals surface area contributed by atoms with Gasteiger partial charge in [-0.15, -0.1) is 11.3 Å². The number of quaternary nitrogens is 1. The molecule has 124 valence electrons. The molecule has 0 aliphatic heterocycles. The zero-order chi connectivity index (χ0) is 17.0. The van der Waals surface area contributed by atoms with Crippen LogP contribution in [0, 0.1) is 6.92 Å². The molecule has 0 aliphatic rings. The van der Waals surface area contributed by atoms with Crippen LogP contribution < -0.4 is 15.4 Å². The molecule has 2 rings (SSSR count). The number of rotatable bonds is 6. The molecule has 4 N–H and O–H groups in total. The maximum absolute atomic E-state index is 12.0. The van der Waals surface area contributed by atoms with Crippen molar-refractivity contribution in [3.63, 3.8) is 0 Å². The van der Waals surface area contributed by atoms with Crippen LogP contribution in [0.2, 0.25) is 0 Å². The van der Waals surface area contributed by atoms with Gasteiger partial charge in [-0.2, -0.15) is 0 Å². The lowest BCUT2D eigenvalue weighted by molar-refractivity contribution is -0.884. The van der Waals surface area contributed by atoms with Gasteiger partial charge in [0.15, 0.2) is 6.54 Å². The van der Waals surface area contributed by atoms with Crippen LogP contribution in [0.25, 0.3) is 0 Å². The van der Waals surface area contributed by atoms with Gasteiger partial charge in [-0.1, -0.05) is 0 Å². The number of aryl methyl sites for hydroxylation is 1. The molecule has 0 aliphatic carbocycles. The summed E-state index contributed by atoms with van der Waals surface area (Å²) in [6.45, 7) is 3.18. The van der Waals surface area contributed by atoms with E-state index in [1.807, 2.05) is 12.4 Å². The van der Waals surface area contributed by atoms with Gasteiger partial charge in [-0.3, -0.25) is 4.79 Å². The Labute approximate surface area is 140 Å². The highest BCUT2D eigenvalue weighted by atomic mass is 32.2. The number of thiophene rings is 1. The van der Waals surface area contributed by atoms with Crippen LogP contribution in [0.3, 0.4) is 0 Å². The number of anilines is 1. The molecule has 0 fully saturated rings. The van der Waals surface area contributed by atoms with Crippen LogP contribution in [-0.4, -0.2) is 27.9 Å². The number of nitrogens with two attached hydrogens (primary N) is 1. The average Bonchev–Trinajstić information content (AvgIpc) is 2.83. The van der Waals surface area contributed by atoms with Crippen LogP contribution in [-0.2, 0) is 21.4 Å². The number of nitrogens with one attached hydrogen (secondary N) is 2. The van der Waals surface area contributed by atoms with Crippen molar-refractivity contribution in [1.29, 1.82) is 0 Å². The molecule has 0 spiro atoms. The lowest BCUT2D eigenvalue weighted by Gasteiger charge is -2.13. The summed E-state index contributed by atoms with van der Waals surface area (Å²) in [6, 6.07) is 7.86. The van der Waals surface area contributed by atoms with Crippen LogP contribution >= 0.6 is 11.3 Å². The Bertz CT molecular complexity index is 783. The van der Waals surface area contributed by atoms with Gasteiger partial charge in [0, 0.05) is 5.69 Å². The van der Waals surface area contributed by atoms with Crippen molar-refractivity contribution in [1.82, 2.24) is 0 Å². The molecule has 8 heteroatoms. The molecular weight excluding hydrogens is 334 g/mol.